The van der Waals surface area contributed by atoms with Gasteiger partial charge in [0, 0.05) is 17.6 Å². The minimum absolute atomic E-state index is 0.0380. The van der Waals surface area contributed by atoms with Crippen LogP contribution in [0.5, 0.6) is 0 Å². The van der Waals surface area contributed by atoms with Crippen LogP contribution in [0.3, 0.4) is 0 Å². The van der Waals surface area contributed by atoms with Gasteiger partial charge in [0.1, 0.15) is 11.4 Å². The van der Waals surface area contributed by atoms with Crippen LogP contribution < -0.4 is 9.62 Å². The fraction of sp³-hybridized carbons (Fsp3) is 0.350. The molecule has 188 valence electrons. The molecule has 2 aromatic rings. The minimum Gasteiger partial charge on any atom is -0.478 e. The maximum absolute atomic E-state index is 12.5. The van der Waals surface area contributed by atoms with Crippen molar-refractivity contribution in [3.8, 4) is 0 Å². The van der Waals surface area contributed by atoms with Gasteiger partial charge in [0.05, 0.1) is 16.8 Å². The van der Waals surface area contributed by atoms with Crippen LogP contribution in [-0.2, 0) is 14.8 Å². The molecule has 1 aromatic heterocycles. The van der Waals surface area contributed by atoms with Crippen LogP contribution in [0.25, 0.3) is 0 Å². The van der Waals surface area contributed by atoms with Crippen LogP contribution in [-0.4, -0.2) is 54.8 Å². The Labute approximate surface area is 202 Å². The number of alkyl halides is 3. The molecule has 14 heteroatoms. The van der Waals surface area contributed by atoms with E-state index in [9.17, 15) is 31.5 Å². The summed E-state index contributed by atoms with van der Waals surface area (Å²) in [6.45, 7) is 5.27. The molecule has 1 aromatic carbocycles. The smallest absolute Gasteiger partial charge is 0.478 e. The number of aliphatic carboxylic acids is 1. The largest absolute Gasteiger partial charge is 0.490 e. The van der Waals surface area contributed by atoms with Crippen LogP contribution in [0.2, 0.25) is 0 Å². The number of nitrogens with zero attached hydrogens (tertiary/aromatic N) is 2. The van der Waals surface area contributed by atoms with E-state index in [1.165, 1.54) is 24.4 Å². The highest BCUT2D eigenvalue weighted by molar-refractivity contribution is 9.10. The van der Waals surface area contributed by atoms with Gasteiger partial charge in [0.2, 0.25) is 0 Å². The number of carboxylic acid groups (broad SMARTS) is 2. The van der Waals surface area contributed by atoms with Gasteiger partial charge < -0.3 is 15.1 Å². The molecule has 0 atom stereocenters. The molecule has 0 aliphatic heterocycles. The zero-order valence-electron chi connectivity index (χ0n) is 18.1. The number of pyridine rings is 1. The number of benzene rings is 1. The summed E-state index contributed by atoms with van der Waals surface area (Å²) in [7, 11) is -3.84. The molecule has 0 spiro atoms. The standard InChI is InChI=1S/C18H22BrN3O4S.C2HF3O2/c1-3-5-10-22(4-2)17-16(18(23)24)11-14(12-20-17)21-27(25,26)15-8-6-13(19)7-9-15;3-2(4,5)1(6)7/h6-9,11-12,21H,3-5,10H2,1-2H3,(H,23,24);(H,6,7). The molecule has 0 saturated heterocycles. The predicted octanol–water partition coefficient (Wildman–Crippen LogP) is 4.60. The van der Waals surface area contributed by atoms with Gasteiger partial charge in [-0.2, -0.15) is 13.2 Å². The third-order valence-corrected chi connectivity index (χ3v) is 6.10. The Bertz CT molecular complexity index is 1100. The number of sulfonamides is 1. The second-order valence-corrected chi connectivity index (χ2v) is 9.29. The number of carboxylic acids is 2. The summed E-state index contributed by atoms with van der Waals surface area (Å²) in [6, 6.07) is 7.44. The maximum Gasteiger partial charge on any atom is 0.490 e. The molecule has 2 rings (SSSR count). The molecule has 0 aliphatic carbocycles. The first-order valence-electron chi connectivity index (χ1n) is 9.79. The van der Waals surface area contributed by atoms with Crippen molar-refractivity contribution in [2.75, 3.05) is 22.7 Å². The number of hydrogen-bond acceptors (Lipinski definition) is 6. The summed E-state index contributed by atoms with van der Waals surface area (Å²) < 4.78 is 59.9. The average molecular weight is 570 g/mol. The molecule has 0 fully saturated rings. The van der Waals surface area contributed by atoms with E-state index in [1.807, 2.05) is 11.8 Å². The topological polar surface area (TPSA) is 137 Å². The van der Waals surface area contributed by atoms with Crippen molar-refractivity contribution >= 4 is 49.4 Å². The van der Waals surface area contributed by atoms with E-state index in [0.29, 0.717) is 18.9 Å². The predicted molar refractivity (Wildman–Crippen MR) is 123 cm³/mol. The maximum atomic E-state index is 12.5. The van der Waals surface area contributed by atoms with Crippen molar-refractivity contribution in [3.63, 3.8) is 0 Å². The molecular weight excluding hydrogens is 547 g/mol. The zero-order chi connectivity index (χ0) is 26.1. The molecule has 34 heavy (non-hydrogen) atoms. The van der Waals surface area contributed by atoms with E-state index in [4.69, 9.17) is 9.90 Å². The van der Waals surface area contributed by atoms with E-state index >= 15 is 0 Å². The van der Waals surface area contributed by atoms with Crippen LogP contribution >= 0.6 is 15.9 Å². The van der Waals surface area contributed by atoms with Crippen LogP contribution in [0.15, 0.2) is 45.9 Å². The van der Waals surface area contributed by atoms with E-state index in [1.54, 1.807) is 12.1 Å². The molecular formula is C20H23BrF3N3O6S. The third-order valence-electron chi connectivity index (χ3n) is 4.18. The molecule has 0 bridgehead atoms. The van der Waals surface area contributed by atoms with Gasteiger partial charge in [0.25, 0.3) is 10.0 Å². The number of unbranched alkanes of at least 4 members (excludes halogenated alkanes) is 1. The molecule has 0 amide bonds. The number of hydrogen-bond donors (Lipinski definition) is 3. The number of aromatic nitrogens is 1. The monoisotopic (exact) mass is 569 g/mol. The second-order valence-electron chi connectivity index (χ2n) is 6.70. The lowest BCUT2D eigenvalue weighted by molar-refractivity contribution is -0.192. The number of nitrogens with one attached hydrogen (secondary N) is 1. The Balaban J connectivity index is 0.000000718. The first-order chi connectivity index (χ1) is 15.7. The van der Waals surface area contributed by atoms with Gasteiger partial charge in [-0.15, -0.1) is 0 Å². The van der Waals surface area contributed by atoms with Gasteiger partial charge in [-0.1, -0.05) is 29.3 Å². The van der Waals surface area contributed by atoms with Crippen molar-refractivity contribution in [1.29, 1.82) is 0 Å². The number of anilines is 2. The first kappa shape index (κ1) is 29.2. The molecule has 0 unspecified atom stereocenters. The van der Waals surface area contributed by atoms with Gasteiger partial charge in [-0.3, -0.25) is 4.72 Å². The fourth-order valence-corrected chi connectivity index (χ4v) is 3.81. The van der Waals surface area contributed by atoms with Gasteiger partial charge >= 0.3 is 18.1 Å². The third kappa shape index (κ3) is 8.82. The molecule has 3 N–H and O–H groups in total. The van der Waals surface area contributed by atoms with E-state index in [2.05, 4.69) is 32.6 Å². The number of halogens is 4. The van der Waals surface area contributed by atoms with Crippen LogP contribution in [0.4, 0.5) is 24.7 Å². The van der Waals surface area contributed by atoms with Gasteiger partial charge in [-0.05, 0) is 43.7 Å². The Kier molecular flexibility index (Phi) is 10.8. The molecule has 0 saturated carbocycles. The average Bonchev–Trinajstić information content (AvgIpc) is 2.74. The van der Waals surface area contributed by atoms with Crippen LogP contribution in [0.1, 0.15) is 37.0 Å². The Morgan fingerprint density at radius 3 is 2.15 bits per heavy atom. The second kappa shape index (κ2) is 12.6. The highest BCUT2D eigenvalue weighted by Crippen LogP contribution is 2.24. The van der Waals surface area contributed by atoms with Crippen molar-refractivity contribution in [3.05, 3.63) is 46.6 Å². The lowest BCUT2D eigenvalue weighted by atomic mass is 10.2. The molecule has 9 nitrogen and oxygen atoms in total. The number of carbonyl (C=O) groups is 2. The summed E-state index contributed by atoms with van der Waals surface area (Å²) in [4.78, 5) is 26.8. The Hall–Kier alpha value is -2.87. The Morgan fingerprint density at radius 1 is 1.15 bits per heavy atom. The van der Waals surface area contributed by atoms with Gasteiger partial charge in [0.15, 0.2) is 0 Å². The van der Waals surface area contributed by atoms with Crippen molar-refractivity contribution in [2.24, 2.45) is 0 Å². The zero-order valence-corrected chi connectivity index (χ0v) is 20.5. The summed E-state index contributed by atoms with van der Waals surface area (Å²) in [5.41, 5.74) is 0.0644. The fourth-order valence-electron chi connectivity index (χ4n) is 2.51. The molecule has 1 heterocycles. The summed E-state index contributed by atoms with van der Waals surface area (Å²) in [5.74, 6) is -3.57. The normalized spacial score (nSPS) is 11.2. The lowest BCUT2D eigenvalue weighted by Crippen LogP contribution is -2.27. The van der Waals surface area contributed by atoms with Crippen LogP contribution in [0, 0.1) is 0 Å². The van der Waals surface area contributed by atoms with E-state index in [0.717, 1.165) is 17.3 Å². The molecule has 0 aliphatic rings. The summed E-state index contributed by atoms with van der Waals surface area (Å²) >= 11 is 3.26. The number of rotatable bonds is 9. The highest BCUT2D eigenvalue weighted by Gasteiger charge is 2.38. The highest BCUT2D eigenvalue weighted by atomic mass is 79.9. The van der Waals surface area contributed by atoms with Crippen molar-refractivity contribution in [2.45, 2.75) is 37.8 Å². The summed E-state index contributed by atoms with van der Waals surface area (Å²) in [5, 5.41) is 16.7. The van der Waals surface area contributed by atoms with Crippen molar-refractivity contribution < 1.29 is 41.4 Å². The van der Waals surface area contributed by atoms with Crippen molar-refractivity contribution in [1.82, 2.24) is 4.98 Å². The van der Waals surface area contributed by atoms with E-state index < -0.39 is 28.1 Å². The quantitative estimate of drug-likeness (QED) is 0.398. The first-order valence-corrected chi connectivity index (χ1v) is 12.1. The lowest BCUT2D eigenvalue weighted by Gasteiger charge is -2.23. The number of aromatic carboxylic acids is 1. The molecule has 0 radical (unpaired) electrons. The van der Waals surface area contributed by atoms with Gasteiger partial charge in [-0.25, -0.2) is 23.0 Å². The summed E-state index contributed by atoms with van der Waals surface area (Å²) in [6.07, 6.45) is -1.86. The SMILES string of the molecule is CCCCN(CC)c1ncc(NS(=O)(=O)c2ccc(Br)cc2)cc1C(=O)O.O=C(O)C(F)(F)F. The Morgan fingerprint density at radius 2 is 1.71 bits per heavy atom. The minimum atomic E-state index is -5.08. The van der Waals surface area contributed by atoms with E-state index in [-0.39, 0.29) is 16.1 Å².